The molecule has 2 aliphatic heterocycles. The van der Waals surface area contributed by atoms with Crippen LogP contribution in [0.15, 0.2) is 36.7 Å². The van der Waals surface area contributed by atoms with Crippen molar-refractivity contribution in [3.63, 3.8) is 0 Å². The van der Waals surface area contributed by atoms with Crippen LogP contribution in [0, 0.1) is 5.41 Å². The van der Waals surface area contributed by atoms with E-state index in [9.17, 15) is 4.79 Å². The summed E-state index contributed by atoms with van der Waals surface area (Å²) in [6, 6.07) is 10.3. The van der Waals surface area contributed by atoms with Crippen molar-refractivity contribution in [3.8, 4) is 0 Å². The van der Waals surface area contributed by atoms with Crippen LogP contribution in [-0.2, 0) is 11.3 Å². The molecular formula is C20H28N6O. The van der Waals surface area contributed by atoms with Crippen molar-refractivity contribution in [1.29, 1.82) is 0 Å². The Morgan fingerprint density at radius 3 is 2.63 bits per heavy atom. The summed E-state index contributed by atoms with van der Waals surface area (Å²) in [6.07, 6.45) is 6.04. The number of likely N-dealkylation sites (tertiary alicyclic amines) is 2. The smallest absolute Gasteiger partial charge is 0.229 e. The molecule has 144 valence electrons. The molecule has 1 atom stereocenters. The van der Waals surface area contributed by atoms with Gasteiger partial charge in [-0.2, -0.15) is 0 Å². The van der Waals surface area contributed by atoms with Gasteiger partial charge in [-0.1, -0.05) is 30.3 Å². The Bertz CT molecular complexity index is 739. The van der Waals surface area contributed by atoms with Crippen LogP contribution < -0.4 is 0 Å². The van der Waals surface area contributed by atoms with Crippen LogP contribution in [0.3, 0.4) is 0 Å². The number of hydrogen-bond donors (Lipinski definition) is 0. The Hall–Kier alpha value is -2.28. The third kappa shape index (κ3) is 4.03. The molecule has 0 aliphatic carbocycles. The van der Waals surface area contributed by atoms with Gasteiger partial charge in [0, 0.05) is 20.1 Å². The zero-order valence-corrected chi connectivity index (χ0v) is 16.0. The molecule has 0 N–H and O–H groups in total. The largest absolute Gasteiger partial charge is 0.345 e. The molecule has 2 aliphatic rings. The Morgan fingerprint density at radius 1 is 1.15 bits per heavy atom. The minimum absolute atomic E-state index is 0.0105. The number of aromatic nitrogens is 4. The summed E-state index contributed by atoms with van der Waals surface area (Å²) in [5.41, 5.74) is 1.42. The highest BCUT2D eigenvalue weighted by molar-refractivity contribution is 5.84. The summed E-state index contributed by atoms with van der Waals surface area (Å²) in [5.74, 6) is 0.284. The third-order valence-electron chi connectivity index (χ3n) is 6.26. The van der Waals surface area contributed by atoms with Gasteiger partial charge in [-0.05, 0) is 66.7 Å². The molecule has 1 aromatic heterocycles. The Morgan fingerprint density at radius 2 is 1.93 bits per heavy atom. The third-order valence-corrected chi connectivity index (χ3v) is 6.26. The number of carbonyl (C=O) groups is 1. The van der Waals surface area contributed by atoms with Gasteiger partial charge in [-0.25, -0.2) is 4.68 Å². The minimum Gasteiger partial charge on any atom is -0.345 e. The van der Waals surface area contributed by atoms with Crippen LogP contribution in [0.5, 0.6) is 0 Å². The summed E-state index contributed by atoms with van der Waals surface area (Å²) in [7, 11) is 1.97. The SMILES string of the molecule is CN1CC2(CCN(CCCn3cnnn3)CC2)C[C@@H](c2ccccc2)C1=O. The summed E-state index contributed by atoms with van der Waals surface area (Å²) >= 11 is 0. The first kappa shape index (κ1) is 18.1. The summed E-state index contributed by atoms with van der Waals surface area (Å²) < 4.78 is 1.79. The van der Waals surface area contributed by atoms with Crippen LogP contribution in [0.4, 0.5) is 0 Å². The normalized spacial score (nSPS) is 23.1. The molecule has 4 rings (SSSR count). The molecule has 0 saturated carbocycles. The van der Waals surface area contributed by atoms with Gasteiger partial charge in [0.25, 0.3) is 0 Å². The molecule has 7 heteroatoms. The van der Waals surface area contributed by atoms with Gasteiger partial charge in [-0.3, -0.25) is 4.79 Å². The zero-order chi connectivity index (χ0) is 18.7. The Balaban J connectivity index is 1.34. The predicted octanol–water partition coefficient (Wildman–Crippen LogP) is 1.79. The van der Waals surface area contributed by atoms with Crippen molar-refractivity contribution in [1.82, 2.24) is 30.0 Å². The fraction of sp³-hybridized carbons (Fsp3) is 0.600. The number of likely N-dealkylation sites (N-methyl/N-ethyl adjacent to an activating group) is 1. The number of hydrogen-bond acceptors (Lipinski definition) is 5. The minimum atomic E-state index is 0.0105. The molecule has 7 nitrogen and oxygen atoms in total. The molecule has 1 spiro atoms. The monoisotopic (exact) mass is 368 g/mol. The van der Waals surface area contributed by atoms with E-state index in [-0.39, 0.29) is 17.2 Å². The fourth-order valence-corrected chi connectivity index (χ4v) is 4.73. The first-order valence-corrected chi connectivity index (χ1v) is 9.88. The van der Waals surface area contributed by atoms with Crippen molar-refractivity contribution in [2.75, 3.05) is 33.2 Å². The molecule has 0 bridgehead atoms. The quantitative estimate of drug-likeness (QED) is 0.805. The maximum absolute atomic E-state index is 12.8. The molecule has 1 aromatic carbocycles. The van der Waals surface area contributed by atoms with E-state index in [0.29, 0.717) is 0 Å². The van der Waals surface area contributed by atoms with Gasteiger partial charge >= 0.3 is 0 Å². The van der Waals surface area contributed by atoms with Crippen molar-refractivity contribution in [3.05, 3.63) is 42.2 Å². The van der Waals surface area contributed by atoms with Crippen molar-refractivity contribution in [2.45, 2.75) is 38.1 Å². The Labute approximate surface area is 160 Å². The van der Waals surface area contributed by atoms with Crippen molar-refractivity contribution < 1.29 is 4.79 Å². The highest BCUT2D eigenvalue weighted by Crippen LogP contribution is 2.45. The summed E-state index contributed by atoms with van der Waals surface area (Å²) in [5, 5.41) is 11.3. The van der Waals surface area contributed by atoms with Crippen molar-refractivity contribution in [2.24, 2.45) is 5.41 Å². The first-order valence-electron chi connectivity index (χ1n) is 9.88. The zero-order valence-electron chi connectivity index (χ0n) is 16.0. The number of nitrogens with zero attached hydrogens (tertiary/aromatic N) is 6. The Kier molecular flexibility index (Phi) is 5.20. The maximum atomic E-state index is 12.8. The molecule has 3 heterocycles. The lowest BCUT2D eigenvalue weighted by molar-refractivity contribution is -0.139. The van der Waals surface area contributed by atoms with Gasteiger partial charge in [0.15, 0.2) is 0 Å². The number of carbonyl (C=O) groups excluding carboxylic acids is 1. The van der Waals surface area contributed by atoms with E-state index < -0.39 is 0 Å². The molecule has 0 unspecified atom stereocenters. The lowest BCUT2D eigenvalue weighted by Gasteiger charge is -2.49. The van der Waals surface area contributed by atoms with E-state index in [1.54, 1.807) is 11.0 Å². The second kappa shape index (κ2) is 7.76. The second-order valence-electron chi connectivity index (χ2n) is 8.13. The number of benzene rings is 1. The molecule has 2 saturated heterocycles. The van der Waals surface area contributed by atoms with Crippen LogP contribution >= 0.6 is 0 Å². The number of rotatable bonds is 5. The number of piperidine rings is 2. The first-order chi connectivity index (χ1) is 13.2. The fourth-order valence-electron chi connectivity index (χ4n) is 4.73. The van der Waals surface area contributed by atoms with E-state index in [1.165, 1.54) is 12.8 Å². The van der Waals surface area contributed by atoms with Gasteiger partial charge in [-0.15, -0.1) is 5.10 Å². The average Bonchev–Trinajstić information content (AvgIpc) is 3.21. The number of aryl methyl sites for hydroxylation is 1. The van der Waals surface area contributed by atoms with Crippen LogP contribution in [-0.4, -0.2) is 69.1 Å². The standard InChI is InChI=1S/C20H28N6O/c1-24-15-20(14-18(19(24)27)17-6-3-2-4-7-17)8-12-25(13-9-20)10-5-11-26-16-21-22-23-26/h2-4,6-7,16,18H,5,8-15H2,1H3/t18-/m0/s1. The van der Waals surface area contributed by atoms with E-state index in [0.717, 1.165) is 51.1 Å². The molecule has 0 radical (unpaired) electrons. The molecule has 2 fully saturated rings. The van der Waals surface area contributed by atoms with E-state index in [4.69, 9.17) is 0 Å². The van der Waals surface area contributed by atoms with Crippen LogP contribution in [0.1, 0.15) is 37.2 Å². The van der Waals surface area contributed by atoms with Crippen molar-refractivity contribution >= 4 is 5.91 Å². The van der Waals surface area contributed by atoms with E-state index >= 15 is 0 Å². The van der Waals surface area contributed by atoms with Gasteiger partial charge in [0.05, 0.1) is 5.92 Å². The number of tetrazole rings is 1. The van der Waals surface area contributed by atoms with Gasteiger partial charge < -0.3 is 9.80 Å². The highest BCUT2D eigenvalue weighted by Gasteiger charge is 2.44. The predicted molar refractivity (Wildman–Crippen MR) is 102 cm³/mol. The highest BCUT2D eigenvalue weighted by atomic mass is 16.2. The lowest BCUT2D eigenvalue weighted by atomic mass is 9.67. The van der Waals surface area contributed by atoms with E-state index in [1.807, 2.05) is 30.1 Å². The van der Waals surface area contributed by atoms with E-state index in [2.05, 4.69) is 32.6 Å². The lowest BCUT2D eigenvalue weighted by Crippen LogP contribution is -2.52. The topological polar surface area (TPSA) is 67.2 Å². The molecule has 2 aromatic rings. The van der Waals surface area contributed by atoms with Gasteiger partial charge in [0.1, 0.15) is 6.33 Å². The summed E-state index contributed by atoms with van der Waals surface area (Å²) in [4.78, 5) is 17.3. The van der Waals surface area contributed by atoms with Crippen LogP contribution in [0.25, 0.3) is 0 Å². The average molecular weight is 368 g/mol. The van der Waals surface area contributed by atoms with Gasteiger partial charge in [0.2, 0.25) is 5.91 Å². The number of amides is 1. The summed E-state index contributed by atoms with van der Waals surface area (Å²) in [6.45, 7) is 5.06. The molecule has 1 amide bonds. The molecular weight excluding hydrogens is 340 g/mol. The molecule has 27 heavy (non-hydrogen) atoms. The maximum Gasteiger partial charge on any atom is 0.229 e. The van der Waals surface area contributed by atoms with Crippen LogP contribution in [0.2, 0.25) is 0 Å². The second-order valence-corrected chi connectivity index (χ2v) is 8.13.